The fourth-order valence-corrected chi connectivity index (χ4v) is 6.28. The van der Waals surface area contributed by atoms with E-state index in [1.807, 2.05) is 0 Å². The smallest absolute Gasteiger partial charge is 0.378 e. The number of thiocarbonyl (C=S) groups is 3. The Kier molecular flexibility index (Phi) is 9.49. The minimum atomic E-state index is -2.79. The van der Waals surface area contributed by atoms with Crippen LogP contribution in [0.1, 0.15) is 49.1 Å². The Bertz CT molecular complexity index is 713. The van der Waals surface area contributed by atoms with E-state index >= 15 is 0 Å². The molecule has 0 bridgehead atoms. The summed E-state index contributed by atoms with van der Waals surface area (Å²) in [5, 5.41) is 7.08. The van der Waals surface area contributed by atoms with Crippen LogP contribution >= 0.6 is 36.7 Å². The first kappa shape index (κ1) is 22.1. The molecule has 0 heterocycles. The second kappa shape index (κ2) is 11.6. The fourth-order valence-electron chi connectivity index (χ4n) is 3.42. The molecule has 0 aromatic heterocycles. The maximum Gasteiger partial charge on any atom is 0.461 e. The highest BCUT2D eigenvalue weighted by Gasteiger charge is 2.34. The lowest BCUT2D eigenvalue weighted by Gasteiger charge is -2.29. The summed E-state index contributed by atoms with van der Waals surface area (Å²) in [4.78, 5) is 0. The van der Waals surface area contributed by atoms with E-state index in [1.165, 1.54) is 24.0 Å². The highest BCUT2D eigenvalue weighted by molar-refractivity contribution is 7.78. The van der Waals surface area contributed by atoms with Gasteiger partial charge in [0.15, 0.2) is 0 Å². The molecule has 0 atom stereocenters. The third-order valence-electron chi connectivity index (χ3n) is 4.91. The van der Waals surface area contributed by atoms with E-state index in [9.17, 15) is 0 Å². The molecule has 142 valence electrons. The van der Waals surface area contributed by atoms with Crippen LogP contribution in [-0.2, 0) is 4.74 Å². The van der Waals surface area contributed by atoms with Gasteiger partial charge >= 0.3 is 8.56 Å². The minimum absolute atomic E-state index is 0.319. The Labute approximate surface area is 178 Å². The number of isothiocyanates is 3. The maximum atomic E-state index is 6.07. The summed E-state index contributed by atoms with van der Waals surface area (Å²) in [6, 6.07) is 9.53. The van der Waals surface area contributed by atoms with Gasteiger partial charge in [-0.2, -0.15) is 0 Å². The molecule has 0 N–H and O–H groups in total. The van der Waals surface area contributed by atoms with Crippen molar-refractivity contribution in [2.45, 2.75) is 57.1 Å². The van der Waals surface area contributed by atoms with E-state index in [-0.39, 0.29) is 0 Å². The summed E-state index contributed by atoms with van der Waals surface area (Å²) >= 11 is 14.1. The molecule has 1 aromatic carbocycles. The lowest BCUT2D eigenvalue weighted by molar-refractivity contribution is 0.0250. The van der Waals surface area contributed by atoms with Gasteiger partial charge in [-0.1, -0.05) is 29.8 Å². The van der Waals surface area contributed by atoms with E-state index in [4.69, 9.17) is 41.4 Å². The quantitative estimate of drug-likeness (QED) is 0.218. The first-order valence-electron chi connectivity index (χ1n) is 9.07. The molecule has 1 aromatic rings. The fraction of sp³-hybridized carbons (Fsp3) is 0.526. The number of aryl methyl sites for hydroxylation is 1. The highest BCUT2D eigenvalue weighted by atomic mass is 32.1. The van der Waals surface area contributed by atoms with Crippen molar-refractivity contribution in [2.24, 2.45) is 14.0 Å². The van der Waals surface area contributed by atoms with Crippen LogP contribution < -0.4 is 0 Å². The van der Waals surface area contributed by atoms with Crippen molar-refractivity contribution in [1.29, 1.82) is 0 Å². The van der Waals surface area contributed by atoms with E-state index in [0.29, 0.717) is 24.7 Å². The average Bonchev–Trinajstić information content (AvgIpc) is 2.67. The van der Waals surface area contributed by atoms with Crippen LogP contribution in [0.15, 0.2) is 38.2 Å². The molecule has 1 fully saturated rings. The third kappa shape index (κ3) is 7.04. The highest BCUT2D eigenvalue weighted by Crippen LogP contribution is 2.34. The van der Waals surface area contributed by atoms with Crippen molar-refractivity contribution in [2.75, 3.05) is 6.61 Å². The second-order valence-corrected chi connectivity index (χ2v) is 10.0. The number of hydrogen-bond acceptors (Lipinski definition) is 7. The van der Waals surface area contributed by atoms with Crippen molar-refractivity contribution in [3.63, 3.8) is 0 Å². The summed E-state index contributed by atoms with van der Waals surface area (Å²) in [7, 11) is -2.79. The van der Waals surface area contributed by atoms with E-state index in [2.05, 4.69) is 60.6 Å². The summed E-state index contributed by atoms with van der Waals surface area (Å²) in [6.45, 7) is 2.77. The zero-order valence-corrected chi connectivity index (χ0v) is 18.8. The number of rotatable bonds is 9. The van der Waals surface area contributed by atoms with Crippen molar-refractivity contribution in [3.8, 4) is 0 Å². The topological polar surface area (TPSA) is 46.3 Å². The molecule has 1 aliphatic carbocycles. The zero-order chi connectivity index (χ0) is 19.5. The number of benzene rings is 1. The van der Waals surface area contributed by atoms with E-state index < -0.39 is 8.56 Å². The van der Waals surface area contributed by atoms with Gasteiger partial charge in [0.2, 0.25) is 0 Å². The Balaban J connectivity index is 1.78. The van der Waals surface area contributed by atoms with Crippen molar-refractivity contribution < 1.29 is 4.74 Å². The van der Waals surface area contributed by atoms with Gasteiger partial charge in [-0.3, -0.25) is 0 Å². The monoisotopic (exact) mass is 433 g/mol. The van der Waals surface area contributed by atoms with Crippen molar-refractivity contribution >= 4 is 60.7 Å². The Hall–Kier alpha value is -1.20. The molecule has 0 amide bonds. The average molecular weight is 434 g/mol. The van der Waals surface area contributed by atoms with Gasteiger partial charge in [-0.05, 0) is 87.2 Å². The zero-order valence-electron chi connectivity index (χ0n) is 15.4. The van der Waals surface area contributed by atoms with Crippen LogP contribution in [0.4, 0.5) is 0 Å². The van der Waals surface area contributed by atoms with Gasteiger partial charge in [-0.15, -0.1) is 0 Å². The van der Waals surface area contributed by atoms with Gasteiger partial charge in [0, 0.05) is 12.7 Å². The molecule has 0 aliphatic heterocycles. The number of hydrogen-bond donors (Lipinski definition) is 0. The molecular weight excluding hydrogens is 411 g/mol. The predicted octanol–water partition coefficient (Wildman–Crippen LogP) is 5.68. The largest absolute Gasteiger partial charge is 0.461 e. The summed E-state index contributed by atoms with van der Waals surface area (Å²) in [5.41, 5.74) is 2.76. The van der Waals surface area contributed by atoms with E-state index in [0.717, 1.165) is 19.3 Å². The van der Waals surface area contributed by atoms with Crippen LogP contribution in [-0.4, -0.2) is 36.8 Å². The van der Waals surface area contributed by atoms with Crippen LogP contribution in [0, 0.1) is 6.92 Å². The van der Waals surface area contributed by atoms with Gasteiger partial charge in [0.25, 0.3) is 0 Å². The molecule has 4 nitrogen and oxygen atoms in total. The van der Waals surface area contributed by atoms with Gasteiger partial charge in [0.1, 0.15) is 0 Å². The third-order valence-corrected chi connectivity index (χ3v) is 8.10. The predicted molar refractivity (Wildman–Crippen MR) is 122 cm³/mol. The normalized spacial score (nSPS) is 21.1. The lowest BCUT2D eigenvalue weighted by Crippen LogP contribution is -2.28. The molecule has 0 spiro atoms. The molecule has 0 unspecified atom stereocenters. The van der Waals surface area contributed by atoms with Gasteiger partial charge in [0.05, 0.1) is 21.6 Å². The summed E-state index contributed by atoms with van der Waals surface area (Å²) < 4.78 is 18.5. The molecule has 8 heteroatoms. The lowest BCUT2D eigenvalue weighted by atomic mass is 9.82. The van der Waals surface area contributed by atoms with E-state index in [1.54, 1.807) is 0 Å². The molecule has 1 aliphatic rings. The molecule has 1 saturated carbocycles. The molecule has 0 radical (unpaired) electrons. The number of nitrogens with zero attached hydrogens (tertiary/aromatic N) is 3. The van der Waals surface area contributed by atoms with Crippen LogP contribution in [0.25, 0.3) is 0 Å². The SMILES string of the molecule is Cc1ccc([C@H]2CC[C@H](OCCC[Si](N=C=S)(N=C=S)N=C=S)CC2)cc1. The first-order chi connectivity index (χ1) is 13.1. The molecule has 27 heavy (non-hydrogen) atoms. The molecule has 0 saturated heterocycles. The Morgan fingerprint density at radius 2 is 1.52 bits per heavy atom. The standard InChI is InChI=1S/C19H23N3OS3Si/c1-16-3-5-17(6-4-16)18-7-9-19(10-8-18)23-11-2-12-27(20-13-24,21-14-25)22-15-26/h3-6,18-19H,2,7-12H2,1H3/t18-,19-. The first-order valence-corrected chi connectivity index (χ1v) is 12.3. The van der Waals surface area contributed by atoms with Gasteiger partial charge < -0.3 is 4.74 Å². The van der Waals surface area contributed by atoms with Crippen LogP contribution in [0.5, 0.6) is 0 Å². The van der Waals surface area contributed by atoms with Crippen molar-refractivity contribution in [1.82, 2.24) is 0 Å². The Morgan fingerprint density at radius 1 is 0.963 bits per heavy atom. The second-order valence-electron chi connectivity index (χ2n) is 6.74. The summed E-state index contributed by atoms with van der Waals surface area (Å²) in [6.07, 6.45) is 5.62. The van der Waals surface area contributed by atoms with Crippen LogP contribution in [0.3, 0.4) is 0 Å². The molecular formula is C19H23N3OS3Si. The maximum absolute atomic E-state index is 6.07. The minimum Gasteiger partial charge on any atom is -0.378 e. The van der Waals surface area contributed by atoms with Crippen LogP contribution in [0.2, 0.25) is 6.04 Å². The van der Waals surface area contributed by atoms with Crippen molar-refractivity contribution in [3.05, 3.63) is 35.4 Å². The number of ether oxygens (including phenoxy) is 1. The molecule has 2 rings (SSSR count). The van der Waals surface area contributed by atoms with Gasteiger partial charge in [-0.25, -0.2) is 14.0 Å². The Morgan fingerprint density at radius 3 is 2.04 bits per heavy atom. The summed E-state index contributed by atoms with van der Waals surface area (Å²) in [5.74, 6) is 0.649.